The van der Waals surface area contributed by atoms with E-state index in [9.17, 15) is 9.59 Å². The Bertz CT molecular complexity index is 488. The van der Waals surface area contributed by atoms with Crippen LogP contribution in [0.25, 0.3) is 0 Å². The summed E-state index contributed by atoms with van der Waals surface area (Å²) >= 11 is 1.02. The van der Waals surface area contributed by atoms with E-state index >= 15 is 0 Å². The zero-order valence-corrected chi connectivity index (χ0v) is 9.40. The number of benzene rings is 1. The number of nitriles is 1. The van der Waals surface area contributed by atoms with E-state index in [0.29, 0.717) is 5.69 Å². The van der Waals surface area contributed by atoms with E-state index in [4.69, 9.17) is 10.4 Å². The van der Waals surface area contributed by atoms with Gasteiger partial charge in [-0.25, -0.2) is 4.79 Å². The fourth-order valence-corrected chi connectivity index (χ4v) is 1.37. The van der Waals surface area contributed by atoms with E-state index in [1.807, 2.05) is 5.40 Å². The Morgan fingerprint density at radius 1 is 1.29 bits per heavy atom. The number of amides is 1. The molecule has 17 heavy (non-hydrogen) atoms. The molecule has 0 unspecified atom stereocenters. The zero-order chi connectivity index (χ0) is 12.7. The molecule has 0 aliphatic carbocycles. The quantitative estimate of drug-likeness (QED) is 0.482. The molecule has 1 amide bonds. The number of thiocyanates is 1. The molecule has 1 aromatic carbocycles. The number of carbonyl (C=O) groups is 2. The third kappa shape index (κ3) is 4.86. The lowest BCUT2D eigenvalue weighted by Crippen LogP contribution is -2.08. The third-order valence-corrected chi connectivity index (χ3v) is 2.26. The number of nitrogens with one attached hydrogen (secondary N) is 1. The highest BCUT2D eigenvalue weighted by atomic mass is 32.2. The van der Waals surface area contributed by atoms with E-state index in [1.54, 1.807) is 24.3 Å². The van der Waals surface area contributed by atoms with Gasteiger partial charge in [0.1, 0.15) is 5.40 Å². The van der Waals surface area contributed by atoms with E-state index in [1.165, 1.54) is 0 Å². The molecular formula is C11H8N2O3S. The van der Waals surface area contributed by atoms with Gasteiger partial charge in [-0.05, 0) is 36.0 Å². The van der Waals surface area contributed by atoms with Crippen molar-refractivity contribution in [2.45, 2.75) is 4.90 Å². The molecule has 0 aliphatic rings. The zero-order valence-electron chi connectivity index (χ0n) is 8.58. The van der Waals surface area contributed by atoms with Gasteiger partial charge in [-0.3, -0.25) is 4.79 Å². The predicted molar refractivity (Wildman–Crippen MR) is 63.3 cm³/mol. The van der Waals surface area contributed by atoms with E-state index < -0.39 is 11.9 Å². The van der Waals surface area contributed by atoms with Gasteiger partial charge in [0.25, 0.3) is 0 Å². The van der Waals surface area contributed by atoms with Crippen molar-refractivity contribution in [1.82, 2.24) is 0 Å². The second kappa shape index (κ2) is 6.35. The Morgan fingerprint density at radius 2 is 1.94 bits per heavy atom. The van der Waals surface area contributed by atoms with Crippen molar-refractivity contribution in [3.8, 4) is 5.40 Å². The van der Waals surface area contributed by atoms with Gasteiger partial charge in [0.2, 0.25) is 5.91 Å². The van der Waals surface area contributed by atoms with E-state index in [-0.39, 0.29) is 0 Å². The standard InChI is InChI=1S/C11H8N2O3S/c12-7-17-9-3-1-8(2-4-9)13-10(14)5-6-11(15)16/h1-6H,(H,13,14)(H,15,16). The summed E-state index contributed by atoms with van der Waals surface area (Å²) in [4.78, 5) is 22.2. The molecule has 86 valence electrons. The van der Waals surface area contributed by atoms with Crippen LogP contribution in [0.15, 0.2) is 41.3 Å². The fraction of sp³-hybridized carbons (Fsp3) is 0. The second-order valence-corrected chi connectivity index (χ2v) is 3.74. The van der Waals surface area contributed by atoms with Crippen LogP contribution in [-0.4, -0.2) is 17.0 Å². The number of carboxylic acid groups (broad SMARTS) is 1. The minimum Gasteiger partial charge on any atom is -0.478 e. The summed E-state index contributed by atoms with van der Waals surface area (Å²) in [7, 11) is 0. The number of hydrogen-bond acceptors (Lipinski definition) is 4. The number of aliphatic carboxylic acids is 1. The Morgan fingerprint density at radius 3 is 2.47 bits per heavy atom. The highest BCUT2D eigenvalue weighted by Crippen LogP contribution is 2.18. The van der Waals surface area contributed by atoms with Crippen LogP contribution in [0.3, 0.4) is 0 Å². The van der Waals surface area contributed by atoms with Crippen LogP contribution in [-0.2, 0) is 9.59 Å². The minimum atomic E-state index is -1.18. The largest absolute Gasteiger partial charge is 0.478 e. The van der Waals surface area contributed by atoms with Crippen molar-refractivity contribution in [1.29, 1.82) is 5.26 Å². The maximum Gasteiger partial charge on any atom is 0.328 e. The van der Waals surface area contributed by atoms with E-state index in [0.717, 1.165) is 28.8 Å². The number of carboxylic acids is 1. The van der Waals surface area contributed by atoms with Crippen LogP contribution in [0.4, 0.5) is 5.69 Å². The molecule has 1 rings (SSSR count). The molecule has 0 heterocycles. The smallest absolute Gasteiger partial charge is 0.328 e. The molecule has 1 aromatic rings. The van der Waals surface area contributed by atoms with Gasteiger partial charge in [0.15, 0.2) is 0 Å². The Labute approximate surface area is 102 Å². The van der Waals surface area contributed by atoms with Crippen LogP contribution in [0.1, 0.15) is 0 Å². The lowest BCUT2D eigenvalue weighted by Gasteiger charge is -2.01. The molecule has 0 saturated carbocycles. The number of anilines is 1. The molecule has 0 fully saturated rings. The first-order valence-corrected chi connectivity index (χ1v) is 5.31. The predicted octanol–water partition coefficient (Wildman–Crippen LogP) is 1.84. The van der Waals surface area contributed by atoms with Gasteiger partial charge in [0.05, 0.1) is 0 Å². The average Bonchev–Trinajstić information content (AvgIpc) is 2.29. The molecule has 0 saturated heterocycles. The topological polar surface area (TPSA) is 90.2 Å². The second-order valence-electron chi connectivity index (χ2n) is 2.88. The maximum atomic E-state index is 11.2. The van der Waals surface area contributed by atoms with Crippen LogP contribution in [0, 0.1) is 10.7 Å². The summed E-state index contributed by atoms with van der Waals surface area (Å²) < 4.78 is 0. The molecule has 0 aliphatic heterocycles. The highest BCUT2D eigenvalue weighted by Gasteiger charge is 1.99. The van der Waals surface area contributed by atoms with Gasteiger partial charge < -0.3 is 10.4 Å². The van der Waals surface area contributed by atoms with Gasteiger partial charge in [-0.1, -0.05) is 0 Å². The van der Waals surface area contributed by atoms with Crippen molar-refractivity contribution < 1.29 is 14.7 Å². The molecule has 5 nitrogen and oxygen atoms in total. The van der Waals surface area contributed by atoms with Gasteiger partial charge in [0, 0.05) is 22.7 Å². The number of hydrogen-bond donors (Lipinski definition) is 2. The molecule has 0 radical (unpaired) electrons. The van der Waals surface area contributed by atoms with Crippen LogP contribution >= 0.6 is 11.8 Å². The lowest BCUT2D eigenvalue weighted by molar-refractivity contribution is -0.131. The van der Waals surface area contributed by atoms with Crippen molar-refractivity contribution >= 4 is 29.3 Å². The van der Waals surface area contributed by atoms with E-state index in [2.05, 4.69) is 5.32 Å². The SMILES string of the molecule is N#CSc1ccc(NC(=O)C=CC(=O)O)cc1. The van der Waals surface area contributed by atoms with Crippen molar-refractivity contribution in [3.63, 3.8) is 0 Å². The Kier molecular flexibility index (Phi) is 4.78. The summed E-state index contributed by atoms with van der Waals surface area (Å²) in [6, 6.07) is 6.63. The fourth-order valence-electron chi connectivity index (χ4n) is 0.990. The Balaban J connectivity index is 2.60. The number of rotatable bonds is 4. The van der Waals surface area contributed by atoms with Crippen LogP contribution in [0.5, 0.6) is 0 Å². The van der Waals surface area contributed by atoms with Crippen molar-refractivity contribution in [2.24, 2.45) is 0 Å². The monoisotopic (exact) mass is 248 g/mol. The lowest BCUT2D eigenvalue weighted by atomic mass is 10.3. The highest BCUT2D eigenvalue weighted by molar-refractivity contribution is 8.03. The molecule has 0 aromatic heterocycles. The third-order valence-electron chi connectivity index (χ3n) is 1.66. The normalized spacial score (nSPS) is 9.82. The van der Waals surface area contributed by atoms with Gasteiger partial charge >= 0.3 is 5.97 Å². The summed E-state index contributed by atoms with van der Waals surface area (Å²) in [5.74, 6) is -1.70. The number of nitrogens with zero attached hydrogens (tertiary/aromatic N) is 1. The summed E-state index contributed by atoms with van der Waals surface area (Å²) in [6.45, 7) is 0. The first-order valence-electron chi connectivity index (χ1n) is 4.50. The minimum absolute atomic E-state index is 0.520. The maximum absolute atomic E-state index is 11.2. The average molecular weight is 248 g/mol. The van der Waals surface area contributed by atoms with Gasteiger partial charge in [-0.15, -0.1) is 0 Å². The van der Waals surface area contributed by atoms with Crippen LogP contribution < -0.4 is 5.32 Å². The summed E-state index contributed by atoms with van der Waals surface area (Å²) in [5.41, 5.74) is 0.535. The molecule has 0 spiro atoms. The summed E-state index contributed by atoms with van der Waals surface area (Å²) in [5, 5.41) is 21.2. The summed E-state index contributed by atoms with van der Waals surface area (Å²) in [6.07, 6.45) is 1.69. The van der Waals surface area contributed by atoms with Gasteiger partial charge in [-0.2, -0.15) is 5.26 Å². The molecule has 0 bridgehead atoms. The Hall–Kier alpha value is -2.26. The molecule has 2 N–H and O–H groups in total. The molecule has 0 atom stereocenters. The number of carbonyl (C=O) groups excluding carboxylic acids is 1. The first kappa shape index (κ1) is 12.8. The number of thioether (sulfide) groups is 1. The van der Waals surface area contributed by atoms with Crippen LogP contribution in [0.2, 0.25) is 0 Å². The molecular weight excluding hydrogens is 240 g/mol. The van der Waals surface area contributed by atoms with Crippen molar-refractivity contribution in [3.05, 3.63) is 36.4 Å². The molecule has 6 heteroatoms. The van der Waals surface area contributed by atoms with Crippen molar-refractivity contribution in [2.75, 3.05) is 5.32 Å². The first-order chi connectivity index (χ1) is 8.11.